The van der Waals surface area contributed by atoms with Crippen LogP contribution in [0.5, 0.6) is 5.75 Å². The molecular weight excluding hydrogens is 450 g/mol. The normalized spacial score (nSPS) is 19.2. The van der Waals surface area contributed by atoms with Gasteiger partial charge in [-0.15, -0.1) is 0 Å². The Morgan fingerprint density at radius 2 is 1.91 bits per heavy atom. The van der Waals surface area contributed by atoms with Crippen molar-refractivity contribution in [2.24, 2.45) is 7.05 Å². The maximum absolute atomic E-state index is 13.8. The number of benzene rings is 2. The van der Waals surface area contributed by atoms with E-state index in [2.05, 4.69) is 14.9 Å². The maximum Gasteiger partial charge on any atom is 0.254 e. The lowest BCUT2D eigenvalue weighted by molar-refractivity contribution is 0.0392. The van der Waals surface area contributed by atoms with Crippen LogP contribution in [0, 0.1) is 0 Å². The zero-order valence-corrected chi connectivity index (χ0v) is 19.8. The van der Waals surface area contributed by atoms with E-state index in [0.29, 0.717) is 16.3 Å². The van der Waals surface area contributed by atoms with Crippen LogP contribution in [-0.2, 0) is 13.5 Å². The smallest absolute Gasteiger partial charge is 0.254 e. The van der Waals surface area contributed by atoms with Gasteiger partial charge in [0.2, 0.25) is 0 Å². The summed E-state index contributed by atoms with van der Waals surface area (Å²) >= 11 is 6.43. The first-order chi connectivity index (χ1) is 16.5. The van der Waals surface area contributed by atoms with Gasteiger partial charge in [-0.25, -0.2) is 0 Å². The number of amides is 1. The van der Waals surface area contributed by atoms with Crippen LogP contribution in [0.4, 0.5) is 0 Å². The Morgan fingerprint density at radius 3 is 2.71 bits per heavy atom. The number of halogens is 1. The predicted molar refractivity (Wildman–Crippen MR) is 130 cm³/mol. The van der Waals surface area contributed by atoms with Gasteiger partial charge < -0.3 is 9.64 Å². The van der Waals surface area contributed by atoms with Crippen LogP contribution in [0.15, 0.2) is 48.8 Å². The zero-order valence-electron chi connectivity index (χ0n) is 19.0. The molecule has 2 aromatic carbocycles. The summed E-state index contributed by atoms with van der Waals surface area (Å²) in [4.78, 5) is 24.5. The number of methoxy groups -OCH3 is 1. The summed E-state index contributed by atoms with van der Waals surface area (Å²) in [6, 6.07) is 11.5. The van der Waals surface area contributed by atoms with Gasteiger partial charge in [-0.3, -0.25) is 19.4 Å². The van der Waals surface area contributed by atoms with Crippen molar-refractivity contribution >= 4 is 28.5 Å². The number of carbonyl (C=O) groups is 1. The van der Waals surface area contributed by atoms with Crippen LogP contribution >= 0.6 is 11.6 Å². The molecule has 4 heterocycles. The molecule has 0 unspecified atom stereocenters. The Balaban J connectivity index is 1.40. The fourth-order valence-corrected chi connectivity index (χ4v) is 5.83. The van der Waals surface area contributed by atoms with Crippen LogP contribution in [0.2, 0.25) is 5.02 Å². The molecule has 2 aromatic heterocycles. The third-order valence-electron chi connectivity index (χ3n) is 7.05. The minimum absolute atomic E-state index is 0.0348. The Hall–Kier alpha value is -3.45. The van der Waals surface area contributed by atoms with Gasteiger partial charge in [0, 0.05) is 42.2 Å². The first-order valence-corrected chi connectivity index (χ1v) is 11.9. The van der Waals surface area contributed by atoms with E-state index in [4.69, 9.17) is 21.4 Å². The highest BCUT2D eigenvalue weighted by Crippen LogP contribution is 2.45. The van der Waals surface area contributed by atoms with E-state index in [-0.39, 0.29) is 18.0 Å². The highest BCUT2D eigenvalue weighted by molar-refractivity contribution is 6.32. The average Bonchev–Trinajstić information content (AvgIpc) is 3.18. The summed E-state index contributed by atoms with van der Waals surface area (Å²) in [7, 11) is 3.58. The molecule has 0 radical (unpaired) electrons. The van der Waals surface area contributed by atoms with E-state index in [9.17, 15) is 4.79 Å². The van der Waals surface area contributed by atoms with Crippen LogP contribution in [0.1, 0.15) is 46.9 Å². The van der Waals surface area contributed by atoms with Crippen molar-refractivity contribution in [3.05, 3.63) is 70.6 Å². The summed E-state index contributed by atoms with van der Waals surface area (Å²) < 4.78 is 7.25. The predicted octanol–water partition coefficient (Wildman–Crippen LogP) is 4.98. The molecule has 2 atom stereocenters. The SMILES string of the molecule is COc1ccc(-c2c3c(nn2C)[C@@H]2CCC[C@H](C3)N2C(=O)c2ccc3nccnc3c2)cc1Cl. The average molecular weight is 474 g/mol. The number of piperidine rings is 1. The van der Waals surface area contributed by atoms with Gasteiger partial charge in [0.25, 0.3) is 5.91 Å². The molecule has 2 aliphatic rings. The molecule has 1 fully saturated rings. The molecule has 4 aromatic rings. The minimum atomic E-state index is -0.0405. The molecular formula is C26H24ClN5O2. The summed E-state index contributed by atoms with van der Waals surface area (Å²) in [5.41, 5.74) is 6.44. The van der Waals surface area contributed by atoms with Crippen molar-refractivity contribution in [2.45, 2.75) is 37.8 Å². The van der Waals surface area contributed by atoms with E-state index >= 15 is 0 Å². The molecule has 2 bridgehead atoms. The van der Waals surface area contributed by atoms with Gasteiger partial charge in [0.15, 0.2) is 0 Å². The topological polar surface area (TPSA) is 73.1 Å². The number of carbonyl (C=O) groups excluding carboxylic acids is 1. The van der Waals surface area contributed by atoms with E-state index in [1.54, 1.807) is 19.5 Å². The summed E-state index contributed by atoms with van der Waals surface area (Å²) in [5.74, 6) is 0.683. The molecule has 1 saturated heterocycles. The number of fused-ring (bicyclic) bond motifs is 5. The van der Waals surface area contributed by atoms with E-state index in [1.165, 1.54) is 5.56 Å². The lowest BCUT2D eigenvalue weighted by Crippen LogP contribution is -2.49. The van der Waals surface area contributed by atoms with Gasteiger partial charge in [0.05, 0.1) is 40.6 Å². The van der Waals surface area contributed by atoms with Crippen molar-refractivity contribution in [3.63, 3.8) is 0 Å². The molecule has 0 saturated carbocycles. The van der Waals surface area contributed by atoms with Crippen molar-refractivity contribution in [1.29, 1.82) is 0 Å². The van der Waals surface area contributed by atoms with E-state index < -0.39 is 0 Å². The fraction of sp³-hybridized carbons (Fsp3) is 0.308. The molecule has 1 amide bonds. The van der Waals surface area contributed by atoms with Gasteiger partial charge >= 0.3 is 0 Å². The number of aryl methyl sites for hydroxylation is 1. The Kier molecular flexibility index (Phi) is 5.03. The highest BCUT2D eigenvalue weighted by atomic mass is 35.5. The third kappa shape index (κ3) is 3.26. The van der Waals surface area contributed by atoms with Crippen molar-refractivity contribution in [3.8, 4) is 17.0 Å². The zero-order chi connectivity index (χ0) is 23.4. The summed E-state index contributed by atoms with van der Waals surface area (Å²) in [5, 5.41) is 5.49. The second-order valence-corrected chi connectivity index (χ2v) is 9.37. The first kappa shape index (κ1) is 21.1. The molecule has 0 spiro atoms. The lowest BCUT2D eigenvalue weighted by Gasteiger charge is -2.45. The van der Waals surface area contributed by atoms with Crippen LogP contribution < -0.4 is 4.74 Å². The second-order valence-electron chi connectivity index (χ2n) is 8.96. The first-order valence-electron chi connectivity index (χ1n) is 11.5. The number of hydrogen-bond donors (Lipinski definition) is 0. The maximum atomic E-state index is 13.8. The standard InChI is InChI=1S/C26H24ClN5O2/c1-31-25(15-7-9-23(34-2)19(27)12-15)18-14-17-4-3-5-22(24(18)30-31)32(17)26(33)16-6-8-20-21(13-16)29-11-10-28-20/h6-13,17,22H,3-5,14H2,1-2H3/t17-,22+/m1/s1. The van der Waals surface area contributed by atoms with Gasteiger partial charge in [0.1, 0.15) is 5.75 Å². The Bertz CT molecular complexity index is 1430. The van der Waals surface area contributed by atoms with Crippen LogP contribution in [-0.4, -0.2) is 43.7 Å². The Labute approximate surface area is 202 Å². The van der Waals surface area contributed by atoms with Crippen LogP contribution in [0.3, 0.4) is 0 Å². The molecule has 34 heavy (non-hydrogen) atoms. The number of ether oxygens (including phenoxy) is 1. The van der Waals surface area contributed by atoms with Gasteiger partial charge in [-0.2, -0.15) is 5.10 Å². The van der Waals surface area contributed by atoms with Gasteiger partial charge in [-0.1, -0.05) is 11.6 Å². The van der Waals surface area contributed by atoms with Crippen molar-refractivity contribution in [2.75, 3.05) is 7.11 Å². The molecule has 0 N–H and O–H groups in total. The monoisotopic (exact) mass is 473 g/mol. The molecule has 0 aliphatic carbocycles. The molecule has 6 rings (SSSR count). The Morgan fingerprint density at radius 1 is 1.09 bits per heavy atom. The van der Waals surface area contributed by atoms with Gasteiger partial charge in [-0.05, 0) is 62.1 Å². The van der Waals surface area contributed by atoms with E-state index in [0.717, 1.165) is 53.7 Å². The molecule has 7 nitrogen and oxygen atoms in total. The molecule has 172 valence electrons. The number of rotatable bonds is 3. The molecule has 8 heteroatoms. The van der Waals surface area contributed by atoms with Crippen molar-refractivity contribution < 1.29 is 9.53 Å². The molecule has 2 aliphatic heterocycles. The lowest BCUT2D eigenvalue weighted by atomic mass is 9.81. The quantitative estimate of drug-likeness (QED) is 0.419. The fourth-order valence-electron chi connectivity index (χ4n) is 5.57. The summed E-state index contributed by atoms with van der Waals surface area (Å²) in [6.45, 7) is 0. The minimum Gasteiger partial charge on any atom is -0.495 e. The van der Waals surface area contributed by atoms with E-state index in [1.807, 2.05) is 48.1 Å². The number of hydrogen-bond acceptors (Lipinski definition) is 5. The number of aromatic nitrogens is 4. The number of nitrogens with zero attached hydrogens (tertiary/aromatic N) is 5. The highest BCUT2D eigenvalue weighted by Gasteiger charge is 2.43. The second kappa shape index (κ2) is 8.09. The van der Waals surface area contributed by atoms with Crippen LogP contribution in [0.25, 0.3) is 22.3 Å². The summed E-state index contributed by atoms with van der Waals surface area (Å²) in [6.07, 6.45) is 7.06. The third-order valence-corrected chi connectivity index (χ3v) is 7.35. The van der Waals surface area contributed by atoms with Crippen molar-refractivity contribution in [1.82, 2.24) is 24.6 Å². The largest absolute Gasteiger partial charge is 0.495 e.